The van der Waals surface area contributed by atoms with Gasteiger partial charge in [0.15, 0.2) is 0 Å². The quantitative estimate of drug-likeness (QED) is 0.612. The number of halogens is 1. The summed E-state index contributed by atoms with van der Waals surface area (Å²) in [5, 5.41) is 11.6. The van der Waals surface area contributed by atoms with Crippen molar-refractivity contribution in [2.75, 3.05) is 0 Å². The molecule has 0 heterocycles. The lowest BCUT2D eigenvalue weighted by atomic mass is 10.1. The Morgan fingerprint density at radius 2 is 1.11 bits per heavy atom. The number of nitrogens with one attached hydrogen (secondary N) is 2. The van der Waals surface area contributed by atoms with E-state index < -0.39 is 0 Å². The van der Waals surface area contributed by atoms with E-state index >= 15 is 0 Å². The van der Waals surface area contributed by atoms with Crippen molar-refractivity contribution < 1.29 is 9.59 Å². The van der Waals surface area contributed by atoms with Crippen LogP contribution in [-0.2, 0) is 9.59 Å². The van der Waals surface area contributed by atoms with Gasteiger partial charge in [-0.1, -0.05) is 54.1 Å². The van der Waals surface area contributed by atoms with Crippen molar-refractivity contribution in [1.29, 1.82) is 10.8 Å². The molecule has 0 aromatic heterocycles. The highest BCUT2D eigenvalue weighted by Crippen LogP contribution is 2.20. The second-order valence-corrected chi connectivity index (χ2v) is 3.51. The molecule has 0 aliphatic rings. The fourth-order valence-corrected chi connectivity index (χ4v) is 1.40. The molecule has 0 saturated heterocycles. The molecule has 2 rings (SSSR count). The lowest BCUT2D eigenvalue weighted by Crippen LogP contribution is -1.74. The highest BCUT2D eigenvalue weighted by atomic mass is 35.5. The maximum atomic E-state index is 8.35. The first-order chi connectivity index (χ1) is 9.19. The summed E-state index contributed by atoms with van der Waals surface area (Å²) in [6, 6.07) is 18.1. The number of rotatable bonds is 1. The molecule has 0 aliphatic carbocycles. The summed E-state index contributed by atoms with van der Waals surface area (Å²) in [4.78, 5) is 16.7. The van der Waals surface area contributed by atoms with Crippen LogP contribution in [0.25, 0.3) is 11.1 Å². The maximum Gasteiger partial charge on any atom is 0.231 e. The highest BCUT2D eigenvalue weighted by molar-refractivity contribution is 6.30. The van der Waals surface area contributed by atoms with Gasteiger partial charge in [-0.2, -0.15) is 0 Å². The third-order valence-electron chi connectivity index (χ3n) is 1.95. The summed E-state index contributed by atoms with van der Waals surface area (Å²) in [5.41, 5.74) is 2.42. The second-order valence-electron chi connectivity index (χ2n) is 3.08. The smallest absolute Gasteiger partial charge is 0.222 e. The minimum absolute atomic E-state index is 0.750. The van der Waals surface area contributed by atoms with Gasteiger partial charge in [0.1, 0.15) is 0 Å². The average Bonchev–Trinajstić information content (AvgIpc) is 2.42. The fraction of sp³-hybridized carbons (Fsp3) is 0. The van der Waals surface area contributed by atoms with Crippen molar-refractivity contribution in [2.45, 2.75) is 0 Å². The van der Waals surface area contributed by atoms with E-state index in [1.165, 1.54) is 11.1 Å². The van der Waals surface area contributed by atoms with Gasteiger partial charge in [-0.25, -0.2) is 20.4 Å². The topological polar surface area (TPSA) is 81.8 Å². The zero-order chi connectivity index (χ0) is 14.5. The molecule has 0 unspecified atom stereocenters. The van der Waals surface area contributed by atoms with Crippen molar-refractivity contribution in [3.63, 3.8) is 0 Å². The summed E-state index contributed by atoms with van der Waals surface area (Å²) in [5.74, 6) is 0. The Hall–Kier alpha value is -2.51. The molecular weight excluding hydrogens is 264 g/mol. The molecule has 2 aromatic rings. The fourth-order valence-electron chi connectivity index (χ4n) is 1.27. The Morgan fingerprint density at radius 1 is 0.737 bits per heavy atom. The molecule has 0 amide bonds. The van der Waals surface area contributed by atoms with E-state index in [1.54, 1.807) is 0 Å². The van der Waals surface area contributed by atoms with Gasteiger partial charge in [-0.3, -0.25) is 0 Å². The molecule has 5 heteroatoms. The highest BCUT2D eigenvalue weighted by Gasteiger charge is 1.94. The molecule has 19 heavy (non-hydrogen) atoms. The van der Waals surface area contributed by atoms with Crippen molar-refractivity contribution >= 4 is 23.8 Å². The SMILES string of the molecule is Clc1ccc(-c2ccccc2)cc1.N=C=O.N=C=O. The first kappa shape index (κ1) is 16.5. The van der Waals surface area contributed by atoms with Crippen molar-refractivity contribution in [3.8, 4) is 11.1 Å². The van der Waals surface area contributed by atoms with E-state index in [9.17, 15) is 0 Å². The summed E-state index contributed by atoms with van der Waals surface area (Å²) in [6.07, 6.45) is 1.50. The maximum absolute atomic E-state index is 8.35. The van der Waals surface area contributed by atoms with E-state index in [1.807, 2.05) is 42.5 Å². The summed E-state index contributed by atoms with van der Waals surface area (Å²) in [7, 11) is 0. The molecule has 0 bridgehead atoms. The third kappa shape index (κ3) is 7.42. The van der Waals surface area contributed by atoms with Crippen molar-refractivity contribution in [2.24, 2.45) is 0 Å². The number of hydrogen-bond acceptors (Lipinski definition) is 4. The Kier molecular flexibility index (Phi) is 9.23. The van der Waals surface area contributed by atoms with Gasteiger partial charge in [0.05, 0.1) is 0 Å². The Bertz CT molecular complexity index is 529. The first-order valence-electron chi connectivity index (χ1n) is 5.08. The monoisotopic (exact) mass is 274 g/mol. The molecule has 0 fully saturated rings. The van der Waals surface area contributed by atoms with Crippen molar-refractivity contribution in [3.05, 3.63) is 59.6 Å². The van der Waals surface area contributed by atoms with E-state index in [-0.39, 0.29) is 0 Å². The van der Waals surface area contributed by atoms with Crippen LogP contribution in [-0.4, -0.2) is 12.2 Å². The number of benzene rings is 2. The van der Waals surface area contributed by atoms with Gasteiger partial charge in [0, 0.05) is 5.02 Å². The zero-order valence-corrected chi connectivity index (χ0v) is 10.6. The van der Waals surface area contributed by atoms with Crippen LogP contribution in [0.2, 0.25) is 5.02 Å². The van der Waals surface area contributed by atoms with E-state index in [2.05, 4.69) is 12.1 Å². The van der Waals surface area contributed by atoms with Gasteiger partial charge in [-0.05, 0) is 23.3 Å². The lowest BCUT2D eigenvalue weighted by Gasteiger charge is -2.00. The second kappa shape index (κ2) is 10.6. The largest absolute Gasteiger partial charge is 0.231 e. The van der Waals surface area contributed by atoms with Crippen LogP contribution in [0, 0.1) is 10.8 Å². The summed E-state index contributed by atoms with van der Waals surface area (Å²) >= 11 is 5.80. The van der Waals surface area contributed by atoms with Gasteiger partial charge >= 0.3 is 0 Å². The minimum Gasteiger partial charge on any atom is -0.222 e. The molecular formula is C14H11ClN2O2. The van der Waals surface area contributed by atoms with Gasteiger partial charge < -0.3 is 0 Å². The van der Waals surface area contributed by atoms with Crippen LogP contribution in [0.15, 0.2) is 54.6 Å². The molecule has 0 saturated carbocycles. The molecule has 4 nitrogen and oxygen atoms in total. The van der Waals surface area contributed by atoms with Crippen LogP contribution < -0.4 is 0 Å². The summed E-state index contributed by atoms with van der Waals surface area (Å²) in [6.45, 7) is 0. The Morgan fingerprint density at radius 3 is 1.53 bits per heavy atom. The van der Waals surface area contributed by atoms with Crippen molar-refractivity contribution in [1.82, 2.24) is 0 Å². The lowest BCUT2D eigenvalue weighted by molar-refractivity contribution is 0.562. The molecule has 96 valence electrons. The number of isocyanates is 2. The summed E-state index contributed by atoms with van der Waals surface area (Å²) < 4.78 is 0. The molecule has 0 aliphatic heterocycles. The molecule has 2 N–H and O–H groups in total. The van der Waals surface area contributed by atoms with Crippen LogP contribution in [0.3, 0.4) is 0 Å². The Balaban J connectivity index is 0.000000465. The minimum atomic E-state index is 0.750. The average molecular weight is 275 g/mol. The standard InChI is InChI=1S/C12H9Cl.2CHNO/c13-12-8-6-11(7-9-12)10-4-2-1-3-5-10;2*2-1-3/h1-9H;2*2H. The van der Waals surface area contributed by atoms with E-state index in [0.717, 1.165) is 17.2 Å². The number of hydrogen-bond donors (Lipinski definition) is 2. The third-order valence-corrected chi connectivity index (χ3v) is 2.20. The van der Waals surface area contributed by atoms with Gasteiger partial charge in [0.2, 0.25) is 12.2 Å². The molecule has 0 spiro atoms. The zero-order valence-electron chi connectivity index (χ0n) is 9.89. The van der Waals surface area contributed by atoms with E-state index in [0.29, 0.717) is 0 Å². The molecule has 0 radical (unpaired) electrons. The van der Waals surface area contributed by atoms with Gasteiger partial charge in [0.25, 0.3) is 0 Å². The van der Waals surface area contributed by atoms with Gasteiger partial charge in [-0.15, -0.1) is 0 Å². The van der Waals surface area contributed by atoms with Crippen LogP contribution >= 0.6 is 11.6 Å². The van der Waals surface area contributed by atoms with Crippen LogP contribution in [0.4, 0.5) is 0 Å². The molecule has 2 aromatic carbocycles. The van der Waals surface area contributed by atoms with Crippen LogP contribution in [0.5, 0.6) is 0 Å². The van der Waals surface area contributed by atoms with E-state index in [4.69, 9.17) is 32.0 Å². The Labute approximate surface area is 115 Å². The first-order valence-corrected chi connectivity index (χ1v) is 5.46. The predicted octanol–water partition coefficient (Wildman–Crippen LogP) is 3.81. The van der Waals surface area contributed by atoms with Crippen LogP contribution in [0.1, 0.15) is 0 Å². The normalized spacial score (nSPS) is 7.63. The number of carbonyl (C=O) groups excluding carboxylic acids is 2. The molecule has 0 atom stereocenters. The predicted molar refractivity (Wildman–Crippen MR) is 73.7 cm³/mol.